The molecule has 1 spiro atoms. The van der Waals surface area contributed by atoms with Crippen molar-refractivity contribution in [2.24, 2.45) is 0 Å². The quantitative estimate of drug-likeness (QED) is 0.276. The Hall–Kier alpha value is -5.22. The molecule has 2 aromatic carbocycles. The number of carboxylic acid groups (broad SMARTS) is 1. The van der Waals surface area contributed by atoms with E-state index in [1.807, 2.05) is 0 Å². The molecule has 0 radical (unpaired) electrons. The lowest BCUT2D eigenvalue weighted by atomic mass is 9.91. The van der Waals surface area contributed by atoms with E-state index in [4.69, 9.17) is 14.2 Å². The number of nitrogens with zero attached hydrogens (tertiary/aromatic N) is 5. The maximum Gasteiger partial charge on any atom is 0.435 e. The average Bonchev–Trinajstić information content (AvgIpc) is 3.61. The number of hydrogen-bond donors (Lipinski definition) is 2. The fourth-order valence-corrected chi connectivity index (χ4v) is 6.90. The van der Waals surface area contributed by atoms with E-state index in [1.165, 1.54) is 40.6 Å². The molecule has 2 aliphatic rings. The third kappa shape index (κ3) is 5.16. The van der Waals surface area contributed by atoms with Gasteiger partial charge < -0.3 is 24.6 Å². The molecule has 2 amide bonds. The van der Waals surface area contributed by atoms with E-state index in [1.54, 1.807) is 57.2 Å². The first-order valence-electron chi connectivity index (χ1n) is 14.8. The second-order valence-electron chi connectivity index (χ2n) is 12.7. The number of benzene rings is 2. The SMILES string of the molecule is COc1ccc2c(c1)[C@]1(C[C@H]1c1ccc3c(Nc4ncc(S(=O)(=O)N(C)C)cc4OC)nn(C(=O)OC(C)(C)C)c3c1)C(=O)N2C(=O)O. The minimum absolute atomic E-state index is 0.0795. The van der Waals surface area contributed by atoms with Gasteiger partial charge in [-0.15, -0.1) is 5.10 Å². The Morgan fingerprint density at radius 1 is 1.06 bits per heavy atom. The zero-order valence-electron chi connectivity index (χ0n) is 27.3. The summed E-state index contributed by atoms with van der Waals surface area (Å²) in [7, 11) is 1.88. The van der Waals surface area contributed by atoms with Crippen LogP contribution in [0.3, 0.4) is 0 Å². The molecule has 1 aliphatic heterocycles. The van der Waals surface area contributed by atoms with Crippen LogP contribution in [0.2, 0.25) is 0 Å². The smallest absolute Gasteiger partial charge is 0.435 e. The third-order valence-electron chi connectivity index (χ3n) is 8.40. The summed E-state index contributed by atoms with van der Waals surface area (Å²) < 4.78 is 44.0. The highest BCUT2D eigenvalue weighted by molar-refractivity contribution is 7.89. The number of pyridine rings is 1. The summed E-state index contributed by atoms with van der Waals surface area (Å²) in [5, 5.41) is 17.9. The van der Waals surface area contributed by atoms with Gasteiger partial charge in [0.05, 0.1) is 30.8 Å². The number of ether oxygens (including phenoxy) is 3. The molecule has 48 heavy (non-hydrogen) atoms. The summed E-state index contributed by atoms with van der Waals surface area (Å²) in [5.41, 5.74) is -0.0996. The molecule has 252 valence electrons. The summed E-state index contributed by atoms with van der Waals surface area (Å²) in [6.07, 6.45) is -0.612. The molecule has 15 nitrogen and oxygen atoms in total. The van der Waals surface area contributed by atoms with Crippen LogP contribution in [0.5, 0.6) is 11.5 Å². The first-order chi connectivity index (χ1) is 22.5. The highest BCUT2D eigenvalue weighted by atomic mass is 32.2. The highest BCUT2D eigenvalue weighted by Crippen LogP contribution is 2.67. The van der Waals surface area contributed by atoms with Crippen molar-refractivity contribution in [3.63, 3.8) is 0 Å². The molecule has 1 aliphatic carbocycles. The molecule has 1 fully saturated rings. The summed E-state index contributed by atoms with van der Waals surface area (Å²) in [6, 6.07) is 11.4. The summed E-state index contributed by atoms with van der Waals surface area (Å²) in [5.74, 6) is -0.00566. The van der Waals surface area contributed by atoms with Gasteiger partial charge in [-0.25, -0.2) is 32.2 Å². The van der Waals surface area contributed by atoms with E-state index in [-0.39, 0.29) is 28.0 Å². The first-order valence-corrected chi connectivity index (χ1v) is 16.2. The van der Waals surface area contributed by atoms with Gasteiger partial charge in [-0.3, -0.25) is 4.79 Å². The lowest BCUT2D eigenvalue weighted by Crippen LogP contribution is -2.36. The van der Waals surface area contributed by atoms with Crippen molar-refractivity contribution in [3.05, 3.63) is 59.8 Å². The van der Waals surface area contributed by atoms with Crippen LogP contribution < -0.4 is 19.7 Å². The largest absolute Gasteiger partial charge is 0.497 e. The van der Waals surface area contributed by atoms with Gasteiger partial charge in [0, 0.05) is 37.7 Å². The van der Waals surface area contributed by atoms with Crippen molar-refractivity contribution in [1.82, 2.24) is 19.1 Å². The first kappa shape index (κ1) is 32.7. The number of nitrogens with one attached hydrogen (secondary N) is 1. The van der Waals surface area contributed by atoms with E-state index >= 15 is 0 Å². The Morgan fingerprint density at radius 2 is 1.79 bits per heavy atom. The number of methoxy groups -OCH3 is 2. The standard InChI is InChI=1S/C32H34N6O9S/c1-31(2,3)47-30(42)38-24-12-17(22-15-32(22)21-13-18(45-6)9-11-23(21)37(28(32)39)29(40)41)8-10-20(24)26(35-38)34-27-25(46-7)14-19(16-33-27)48(43,44)36(4)5/h8-14,16,22H,15H2,1-7H3,(H,40,41)(H,33,34,35)/t22-,32-/m0/s1. The average molecular weight is 679 g/mol. The van der Waals surface area contributed by atoms with Crippen molar-refractivity contribution in [1.29, 1.82) is 0 Å². The van der Waals surface area contributed by atoms with Crippen LogP contribution in [0, 0.1) is 0 Å². The monoisotopic (exact) mass is 678 g/mol. The summed E-state index contributed by atoms with van der Waals surface area (Å²) >= 11 is 0. The minimum atomic E-state index is -3.79. The number of amides is 2. The zero-order valence-corrected chi connectivity index (χ0v) is 28.1. The number of carbonyl (C=O) groups excluding carboxylic acids is 2. The fourth-order valence-electron chi connectivity index (χ4n) is 6.03. The lowest BCUT2D eigenvalue weighted by molar-refractivity contribution is -0.119. The highest BCUT2D eigenvalue weighted by Gasteiger charge is 2.68. The van der Waals surface area contributed by atoms with Crippen LogP contribution in [0.15, 0.2) is 53.6 Å². The predicted molar refractivity (Wildman–Crippen MR) is 174 cm³/mol. The van der Waals surface area contributed by atoms with Crippen molar-refractivity contribution >= 4 is 56.3 Å². The molecule has 6 rings (SSSR count). The molecule has 0 saturated heterocycles. The van der Waals surface area contributed by atoms with E-state index in [0.717, 1.165) is 13.9 Å². The fraction of sp³-hybridized carbons (Fsp3) is 0.344. The second kappa shape index (κ2) is 11.2. The van der Waals surface area contributed by atoms with Crippen molar-refractivity contribution in [3.8, 4) is 11.5 Å². The second-order valence-corrected chi connectivity index (χ2v) is 14.8. The molecule has 2 atom stereocenters. The number of anilines is 3. The predicted octanol–water partition coefficient (Wildman–Crippen LogP) is 4.68. The molecular formula is C32H34N6O9S. The number of fused-ring (bicyclic) bond motifs is 3. The van der Waals surface area contributed by atoms with E-state index in [0.29, 0.717) is 34.2 Å². The number of imide groups is 1. The summed E-state index contributed by atoms with van der Waals surface area (Å²) in [6.45, 7) is 5.16. The summed E-state index contributed by atoms with van der Waals surface area (Å²) in [4.78, 5) is 44.3. The number of hydrogen-bond acceptors (Lipinski definition) is 11. The molecule has 0 unspecified atom stereocenters. The van der Waals surface area contributed by atoms with Gasteiger partial charge in [-0.1, -0.05) is 6.07 Å². The normalized spacial score (nSPS) is 18.7. The van der Waals surface area contributed by atoms with Gasteiger partial charge in [0.25, 0.3) is 0 Å². The van der Waals surface area contributed by atoms with Crippen LogP contribution in [0.1, 0.15) is 44.2 Å². The number of carbonyl (C=O) groups is 3. The van der Waals surface area contributed by atoms with Crippen LogP contribution in [-0.4, -0.2) is 84.6 Å². The molecular weight excluding hydrogens is 644 g/mol. The topological polar surface area (TPSA) is 182 Å². The van der Waals surface area contributed by atoms with Gasteiger partial charge in [0.2, 0.25) is 15.9 Å². The molecule has 16 heteroatoms. The molecule has 2 N–H and O–H groups in total. The lowest BCUT2D eigenvalue weighted by Gasteiger charge is -2.19. The van der Waals surface area contributed by atoms with Crippen LogP contribution in [-0.2, 0) is 25.0 Å². The number of aromatic nitrogens is 3. The van der Waals surface area contributed by atoms with E-state index in [9.17, 15) is 27.9 Å². The Morgan fingerprint density at radius 3 is 2.42 bits per heavy atom. The van der Waals surface area contributed by atoms with Crippen LogP contribution >= 0.6 is 0 Å². The van der Waals surface area contributed by atoms with Crippen LogP contribution in [0.4, 0.5) is 26.9 Å². The number of rotatable bonds is 7. The molecule has 0 bridgehead atoms. The number of sulfonamides is 1. The molecule has 3 heterocycles. The van der Waals surface area contributed by atoms with Gasteiger partial charge in [-0.2, -0.15) is 4.68 Å². The zero-order chi connectivity index (χ0) is 34.9. The Labute approximate surface area is 276 Å². The van der Waals surface area contributed by atoms with Gasteiger partial charge in [-0.05, 0) is 68.7 Å². The maximum absolute atomic E-state index is 13.7. The van der Waals surface area contributed by atoms with E-state index < -0.39 is 45.1 Å². The van der Waals surface area contributed by atoms with Gasteiger partial charge >= 0.3 is 12.2 Å². The molecule has 2 aromatic heterocycles. The Bertz CT molecular complexity index is 2120. The van der Waals surface area contributed by atoms with Crippen molar-refractivity contribution in [2.45, 2.75) is 49.0 Å². The third-order valence-corrected chi connectivity index (χ3v) is 10.2. The Balaban J connectivity index is 1.44. The minimum Gasteiger partial charge on any atom is -0.497 e. The molecule has 4 aromatic rings. The van der Waals surface area contributed by atoms with Gasteiger partial charge in [0.15, 0.2) is 17.4 Å². The van der Waals surface area contributed by atoms with Gasteiger partial charge in [0.1, 0.15) is 16.2 Å². The van der Waals surface area contributed by atoms with Crippen LogP contribution in [0.25, 0.3) is 10.9 Å². The maximum atomic E-state index is 13.7. The Kier molecular flexibility index (Phi) is 7.63. The van der Waals surface area contributed by atoms with Crippen molar-refractivity contribution in [2.75, 3.05) is 38.5 Å². The van der Waals surface area contributed by atoms with E-state index in [2.05, 4.69) is 15.4 Å². The molecule has 1 saturated carbocycles. The van der Waals surface area contributed by atoms with Crippen molar-refractivity contribution < 1.29 is 42.1 Å².